The lowest BCUT2D eigenvalue weighted by Gasteiger charge is -2.58. The van der Waals surface area contributed by atoms with Gasteiger partial charge in [-0.1, -0.05) is 19.9 Å². The Balaban J connectivity index is 2.08. The molecule has 1 saturated heterocycles. The summed E-state index contributed by atoms with van der Waals surface area (Å²) in [5.41, 5.74) is 6.61. The third kappa shape index (κ3) is 5.43. The van der Waals surface area contributed by atoms with E-state index < -0.39 is 28.9 Å². The molecule has 0 radical (unpaired) electrons. The Labute approximate surface area is 218 Å². The van der Waals surface area contributed by atoms with E-state index in [4.69, 9.17) is 5.73 Å². The zero-order chi connectivity index (χ0) is 27.5. The number of nitrogens with two attached hydrogens (primary N) is 1. The number of phenolic OH excluding ortho intramolecular Hbond substituents is 1. The van der Waals surface area contributed by atoms with Crippen LogP contribution in [0.25, 0.3) is 0 Å². The molecule has 202 valence electrons. The molecule has 37 heavy (non-hydrogen) atoms. The van der Waals surface area contributed by atoms with Crippen molar-refractivity contribution in [2.75, 3.05) is 13.6 Å². The van der Waals surface area contributed by atoms with Crippen molar-refractivity contribution < 1.29 is 24.6 Å². The Morgan fingerprint density at radius 2 is 2.00 bits per heavy atom. The topological polar surface area (TPSA) is 154 Å². The van der Waals surface area contributed by atoms with Crippen molar-refractivity contribution in [2.45, 2.75) is 76.5 Å². The Morgan fingerprint density at radius 3 is 2.59 bits per heavy atom. The van der Waals surface area contributed by atoms with E-state index in [1.807, 2.05) is 33.8 Å². The average molecular weight is 513 g/mol. The molecule has 1 aromatic rings. The minimum absolute atomic E-state index is 0.113. The number of primary amides is 1. The number of rotatable bonds is 9. The number of aldehydes is 1. The lowest BCUT2D eigenvalue weighted by Crippen LogP contribution is -2.68. The molecule has 0 bridgehead atoms. The Hall–Kier alpha value is -3.17. The molecule has 7 N–H and O–H groups in total. The quantitative estimate of drug-likeness (QED) is 0.127. The zero-order valence-corrected chi connectivity index (χ0v) is 22.4. The van der Waals surface area contributed by atoms with Crippen LogP contribution in [0.2, 0.25) is 0 Å². The van der Waals surface area contributed by atoms with Gasteiger partial charge in [-0.3, -0.25) is 14.4 Å². The van der Waals surface area contributed by atoms with Crippen LogP contribution >= 0.6 is 0 Å². The molecule has 1 aromatic carbocycles. The van der Waals surface area contributed by atoms with E-state index in [-0.39, 0.29) is 29.7 Å². The molecule has 4 unspecified atom stereocenters. The highest BCUT2D eigenvalue weighted by molar-refractivity contribution is 6.11. The van der Waals surface area contributed by atoms with Gasteiger partial charge in [0.15, 0.2) is 6.29 Å². The van der Waals surface area contributed by atoms with E-state index in [1.165, 1.54) is 6.08 Å². The van der Waals surface area contributed by atoms with Crippen LogP contribution in [-0.4, -0.2) is 59.6 Å². The lowest BCUT2D eigenvalue weighted by atomic mass is 9.53. The largest absolute Gasteiger partial charge is 0.508 e. The number of carbonyl (C=O) groups excluding carboxylic acids is 3. The molecule has 3 rings (SSSR count). The van der Waals surface area contributed by atoms with Gasteiger partial charge >= 0.3 is 0 Å². The first-order valence-corrected chi connectivity index (χ1v) is 12.8. The van der Waals surface area contributed by atoms with Gasteiger partial charge in [-0.15, -0.1) is 0 Å². The molecule has 2 aliphatic rings. The first-order valence-electron chi connectivity index (χ1n) is 12.8. The van der Waals surface area contributed by atoms with E-state index in [2.05, 4.69) is 16.0 Å². The molecule has 1 heterocycles. The number of hydrogen-bond acceptors (Lipinski definition) is 7. The van der Waals surface area contributed by atoms with Crippen LogP contribution in [0.3, 0.4) is 0 Å². The van der Waals surface area contributed by atoms with Crippen LogP contribution in [0.5, 0.6) is 5.75 Å². The normalized spacial score (nSPS) is 26.9. The Bertz CT molecular complexity index is 1130. The SMILES string of the molecule is CNC1=C(/C=C(\C=O)C(=O)NC(CC(C)C)C(N)=O)CC2(O)C(C)NCCC2(c2cc(O)ccc2C)C1. The lowest BCUT2D eigenvalue weighted by molar-refractivity contribution is -0.126. The second-order valence-electron chi connectivity index (χ2n) is 10.8. The van der Waals surface area contributed by atoms with Crippen LogP contribution in [0.15, 0.2) is 41.1 Å². The number of carbonyl (C=O) groups is 3. The fraction of sp³-hybridized carbons (Fsp3) is 0.536. The van der Waals surface area contributed by atoms with Crippen molar-refractivity contribution in [2.24, 2.45) is 11.7 Å². The minimum Gasteiger partial charge on any atom is -0.508 e. The van der Waals surface area contributed by atoms with E-state index in [0.717, 1.165) is 16.8 Å². The number of aromatic hydroxyl groups is 1. The summed E-state index contributed by atoms with van der Waals surface area (Å²) in [4.78, 5) is 36.8. The highest BCUT2D eigenvalue weighted by Crippen LogP contribution is 2.54. The predicted octanol–water partition coefficient (Wildman–Crippen LogP) is 1.46. The van der Waals surface area contributed by atoms with Crippen molar-refractivity contribution in [3.8, 4) is 5.75 Å². The van der Waals surface area contributed by atoms with Gasteiger partial charge in [0.05, 0.1) is 11.2 Å². The molecule has 9 heteroatoms. The number of nitrogens with one attached hydrogen (secondary N) is 3. The molecule has 1 aliphatic heterocycles. The summed E-state index contributed by atoms with van der Waals surface area (Å²) in [7, 11) is 1.77. The Kier molecular flexibility index (Phi) is 8.49. The molecule has 1 aliphatic carbocycles. The maximum Gasteiger partial charge on any atom is 0.255 e. The monoisotopic (exact) mass is 512 g/mol. The van der Waals surface area contributed by atoms with E-state index >= 15 is 0 Å². The second kappa shape index (κ2) is 11.1. The highest BCUT2D eigenvalue weighted by Gasteiger charge is 2.59. The maximum atomic E-state index is 13.0. The van der Waals surface area contributed by atoms with E-state index in [1.54, 1.807) is 19.2 Å². The summed E-state index contributed by atoms with van der Waals surface area (Å²) >= 11 is 0. The van der Waals surface area contributed by atoms with Gasteiger partial charge in [-0.25, -0.2) is 0 Å². The molecule has 1 fully saturated rings. The first kappa shape index (κ1) is 28.4. The zero-order valence-electron chi connectivity index (χ0n) is 22.4. The number of allylic oxidation sites excluding steroid dienone is 2. The average Bonchev–Trinajstić information content (AvgIpc) is 2.83. The van der Waals surface area contributed by atoms with Crippen molar-refractivity contribution in [1.82, 2.24) is 16.0 Å². The highest BCUT2D eigenvalue weighted by atomic mass is 16.3. The van der Waals surface area contributed by atoms with Gasteiger partial charge in [0, 0.05) is 30.6 Å². The van der Waals surface area contributed by atoms with Crippen LogP contribution in [0, 0.1) is 12.8 Å². The number of amides is 2. The van der Waals surface area contributed by atoms with Crippen LogP contribution < -0.4 is 21.7 Å². The summed E-state index contributed by atoms with van der Waals surface area (Å²) in [6.45, 7) is 8.40. The van der Waals surface area contributed by atoms with Gasteiger partial charge in [0.25, 0.3) is 5.91 Å². The number of aryl methyl sites for hydroxylation is 1. The van der Waals surface area contributed by atoms with Crippen molar-refractivity contribution >= 4 is 18.1 Å². The predicted molar refractivity (Wildman–Crippen MR) is 142 cm³/mol. The summed E-state index contributed by atoms with van der Waals surface area (Å²) in [6, 6.07) is 4.02. The summed E-state index contributed by atoms with van der Waals surface area (Å²) in [6.07, 6.45) is 3.52. The number of aliphatic hydroxyl groups is 1. The standard InChI is InChI=1S/C28H40N4O5/c1-16(2)10-23(25(29)35)32-26(36)20(15-33)11-19-13-28(37)18(4)31-9-8-27(28,14-24(19)30-5)22-12-21(34)7-6-17(22)3/h6-7,11-12,15-16,18,23,30-31,34,37H,8-10,13-14H2,1-5H3,(H2,29,35)(H,32,36)/b20-11+. The third-order valence-corrected chi connectivity index (χ3v) is 7.99. The first-order chi connectivity index (χ1) is 17.4. The summed E-state index contributed by atoms with van der Waals surface area (Å²) in [5.74, 6) is -1.11. The molecule has 0 spiro atoms. The van der Waals surface area contributed by atoms with Gasteiger partial charge in [0.2, 0.25) is 5.91 Å². The number of phenols is 1. The van der Waals surface area contributed by atoms with Crippen molar-refractivity contribution in [3.63, 3.8) is 0 Å². The number of benzene rings is 1. The van der Waals surface area contributed by atoms with Gasteiger partial charge in [-0.2, -0.15) is 0 Å². The number of fused-ring (bicyclic) bond motifs is 1. The molecule has 2 amide bonds. The van der Waals surface area contributed by atoms with E-state index in [9.17, 15) is 24.6 Å². The van der Waals surface area contributed by atoms with Gasteiger partial charge < -0.3 is 31.9 Å². The van der Waals surface area contributed by atoms with Gasteiger partial charge in [-0.05, 0) is 80.5 Å². The smallest absolute Gasteiger partial charge is 0.255 e. The summed E-state index contributed by atoms with van der Waals surface area (Å²) in [5, 5.41) is 31.8. The molecular weight excluding hydrogens is 472 g/mol. The van der Waals surface area contributed by atoms with Gasteiger partial charge in [0.1, 0.15) is 11.8 Å². The summed E-state index contributed by atoms with van der Waals surface area (Å²) < 4.78 is 0. The fourth-order valence-electron chi connectivity index (χ4n) is 5.95. The third-order valence-electron chi connectivity index (χ3n) is 7.99. The Morgan fingerprint density at radius 1 is 1.30 bits per heavy atom. The molecular formula is C28H40N4O5. The molecule has 4 atom stereocenters. The molecule has 0 saturated carbocycles. The maximum absolute atomic E-state index is 13.0. The van der Waals surface area contributed by atoms with E-state index in [0.29, 0.717) is 37.7 Å². The minimum atomic E-state index is -1.27. The van der Waals surface area contributed by atoms with Crippen molar-refractivity contribution in [3.05, 3.63) is 52.2 Å². The van der Waals surface area contributed by atoms with Crippen LogP contribution in [-0.2, 0) is 19.8 Å². The van der Waals surface area contributed by atoms with Crippen LogP contribution in [0.1, 0.15) is 57.6 Å². The fourth-order valence-corrected chi connectivity index (χ4v) is 5.95. The number of hydrogen-bond donors (Lipinski definition) is 6. The number of piperidine rings is 1. The molecule has 9 nitrogen and oxygen atoms in total. The second-order valence-corrected chi connectivity index (χ2v) is 10.8. The van der Waals surface area contributed by atoms with Crippen molar-refractivity contribution in [1.29, 1.82) is 0 Å². The molecule has 0 aromatic heterocycles. The van der Waals surface area contributed by atoms with Crippen LogP contribution in [0.4, 0.5) is 0 Å².